The van der Waals surface area contributed by atoms with Gasteiger partial charge in [0.1, 0.15) is 17.8 Å². The van der Waals surface area contributed by atoms with Gasteiger partial charge in [0, 0.05) is 31.9 Å². The van der Waals surface area contributed by atoms with Gasteiger partial charge in [0.05, 0.1) is 7.11 Å². The van der Waals surface area contributed by atoms with Crippen LogP contribution in [0.5, 0.6) is 5.75 Å². The minimum Gasteiger partial charge on any atom is -0.497 e. The molecule has 2 heterocycles. The number of imide groups is 1. The summed E-state index contributed by atoms with van der Waals surface area (Å²) < 4.78 is 5.19. The van der Waals surface area contributed by atoms with Crippen LogP contribution < -0.4 is 15.0 Å². The van der Waals surface area contributed by atoms with Crippen LogP contribution in [0.3, 0.4) is 0 Å². The highest BCUT2D eigenvalue weighted by Gasteiger charge is 2.51. The normalized spacial score (nSPS) is 21.5. The molecule has 2 saturated heterocycles. The van der Waals surface area contributed by atoms with E-state index in [1.807, 2.05) is 24.3 Å². The summed E-state index contributed by atoms with van der Waals surface area (Å²) in [6, 6.07) is 7.43. The predicted octanol–water partition coefficient (Wildman–Crippen LogP) is 1.60. The molecule has 1 N–H and O–H groups in total. The number of ether oxygens (including phenoxy) is 1. The molecule has 0 bridgehead atoms. The van der Waals surface area contributed by atoms with E-state index in [4.69, 9.17) is 4.74 Å². The van der Waals surface area contributed by atoms with Gasteiger partial charge in [-0.3, -0.25) is 14.5 Å². The molecule has 8 nitrogen and oxygen atoms in total. The zero-order valence-electron chi connectivity index (χ0n) is 16.9. The number of nitrogens with zero attached hydrogens (tertiary/aromatic N) is 3. The maximum absolute atomic E-state index is 12.9. The fraction of sp³-hybridized carbons (Fsp3) is 0.571. The van der Waals surface area contributed by atoms with Crippen molar-refractivity contribution in [1.82, 2.24) is 15.1 Å². The van der Waals surface area contributed by atoms with E-state index in [0.717, 1.165) is 35.6 Å². The number of carbonyl (C=O) groups excluding carboxylic acids is 3. The first-order valence-corrected chi connectivity index (χ1v) is 10.3. The van der Waals surface area contributed by atoms with E-state index in [0.29, 0.717) is 39.0 Å². The Morgan fingerprint density at radius 2 is 1.69 bits per heavy atom. The summed E-state index contributed by atoms with van der Waals surface area (Å²) in [6.45, 7) is 2.39. The van der Waals surface area contributed by atoms with Gasteiger partial charge in [0.25, 0.3) is 5.91 Å². The smallest absolute Gasteiger partial charge is 0.325 e. The Kier molecular flexibility index (Phi) is 5.34. The van der Waals surface area contributed by atoms with Gasteiger partial charge in [-0.2, -0.15) is 0 Å². The Morgan fingerprint density at radius 3 is 2.31 bits per heavy atom. The van der Waals surface area contributed by atoms with Crippen molar-refractivity contribution in [3.8, 4) is 5.75 Å². The first-order valence-electron chi connectivity index (χ1n) is 10.3. The summed E-state index contributed by atoms with van der Waals surface area (Å²) in [5.74, 6) is 0.412. The third-order valence-corrected chi connectivity index (χ3v) is 6.32. The highest BCUT2D eigenvalue weighted by atomic mass is 16.5. The summed E-state index contributed by atoms with van der Waals surface area (Å²) >= 11 is 0. The lowest BCUT2D eigenvalue weighted by Gasteiger charge is -2.36. The number of benzene rings is 1. The molecule has 4 rings (SSSR count). The summed E-state index contributed by atoms with van der Waals surface area (Å²) in [4.78, 5) is 43.1. The van der Waals surface area contributed by atoms with Gasteiger partial charge in [-0.15, -0.1) is 0 Å². The summed E-state index contributed by atoms with van der Waals surface area (Å²) in [6.07, 6.45) is 4.29. The number of urea groups is 1. The number of hydrogen-bond acceptors (Lipinski definition) is 5. The molecule has 0 radical (unpaired) electrons. The predicted molar refractivity (Wildman–Crippen MR) is 108 cm³/mol. The Labute approximate surface area is 170 Å². The lowest BCUT2D eigenvalue weighted by atomic mass is 9.82. The summed E-state index contributed by atoms with van der Waals surface area (Å²) in [7, 11) is 1.64. The van der Waals surface area contributed by atoms with Crippen molar-refractivity contribution in [2.75, 3.05) is 44.7 Å². The van der Waals surface area contributed by atoms with E-state index < -0.39 is 11.6 Å². The maximum atomic E-state index is 12.9. The first kappa shape index (κ1) is 19.5. The second-order valence-corrected chi connectivity index (χ2v) is 8.03. The number of piperazine rings is 1. The summed E-state index contributed by atoms with van der Waals surface area (Å²) in [5.41, 5.74) is 0.314. The van der Waals surface area contributed by atoms with E-state index in [-0.39, 0.29) is 18.4 Å². The minimum atomic E-state index is -0.775. The number of nitrogens with one attached hydrogen (secondary N) is 1. The molecule has 3 aliphatic rings. The lowest BCUT2D eigenvalue weighted by Crippen LogP contribution is -2.52. The van der Waals surface area contributed by atoms with Crippen LogP contribution in [0.2, 0.25) is 0 Å². The molecule has 0 aromatic heterocycles. The molecule has 1 aromatic carbocycles. The van der Waals surface area contributed by atoms with Crippen LogP contribution >= 0.6 is 0 Å². The molecule has 4 amide bonds. The molecule has 1 aromatic rings. The SMILES string of the molecule is COc1ccc(N2CCN(C(=O)CN3C(=O)NC4(CCCCC4)C3=O)CC2)cc1. The van der Waals surface area contributed by atoms with Crippen molar-refractivity contribution >= 4 is 23.5 Å². The quantitative estimate of drug-likeness (QED) is 0.777. The van der Waals surface area contributed by atoms with Crippen LogP contribution in [-0.4, -0.2) is 73.0 Å². The lowest BCUT2D eigenvalue weighted by molar-refractivity contribution is -0.139. The monoisotopic (exact) mass is 400 g/mol. The van der Waals surface area contributed by atoms with E-state index in [2.05, 4.69) is 10.2 Å². The number of carbonyl (C=O) groups is 3. The van der Waals surface area contributed by atoms with Gasteiger partial charge < -0.3 is 19.9 Å². The zero-order chi connectivity index (χ0) is 20.4. The number of anilines is 1. The third-order valence-electron chi connectivity index (χ3n) is 6.32. The molecule has 1 saturated carbocycles. The van der Waals surface area contributed by atoms with Crippen LogP contribution in [0.25, 0.3) is 0 Å². The molecule has 0 atom stereocenters. The maximum Gasteiger partial charge on any atom is 0.325 e. The number of amides is 4. The molecular weight excluding hydrogens is 372 g/mol. The Morgan fingerprint density at radius 1 is 1.03 bits per heavy atom. The van der Waals surface area contributed by atoms with Gasteiger partial charge in [-0.1, -0.05) is 19.3 Å². The van der Waals surface area contributed by atoms with Gasteiger partial charge in [0.15, 0.2) is 0 Å². The van der Waals surface area contributed by atoms with Crippen LogP contribution in [0.1, 0.15) is 32.1 Å². The third kappa shape index (κ3) is 3.75. The zero-order valence-corrected chi connectivity index (χ0v) is 16.9. The standard InChI is InChI=1S/C21H28N4O4/c1-29-17-7-5-16(6-8-17)23-11-13-24(14-12-23)18(26)15-25-19(27)21(22-20(25)28)9-3-2-4-10-21/h5-8H,2-4,9-15H2,1H3,(H,22,28). The molecule has 1 aliphatic carbocycles. The van der Waals surface area contributed by atoms with Crippen molar-refractivity contribution in [2.45, 2.75) is 37.6 Å². The second-order valence-electron chi connectivity index (χ2n) is 8.03. The van der Waals surface area contributed by atoms with Gasteiger partial charge in [-0.05, 0) is 37.1 Å². The minimum absolute atomic E-state index is 0.171. The van der Waals surface area contributed by atoms with Crippen molar-refractivity contribution in [2.24, 2.45) is 0 Å². The van der Waals surface area contributed by atoms with Crippen molar-refractivity contribution < 1.29 is 19.1 Å². The topological polar surface area (TPSA) is 82.2 Å². The van der Waals surface area contributed by atoms with E-state index in [1.54, 1.807) is 12.0 Å². The largest absolute Gasteiger partial charge is 0.497 e. The van der Waals surface area contributed by atoms with E-state index >= 15 is 0 Å². The molecule has 3 fully saturated rings. The van der Waals surface area contributed by atoms with Gasteiger partial charge in [0.2, 0.25) is 5.91 Å². The van der Waals surface area contributed by atoms with Crippen molar-refractivity contribution in [3.05, 3.63) is 24.3 Å². The van der Waals surface area contributed by atoms with Crippen LogP contribution in [0.4, 0.5) is 10.5 Å². The number of hydrogen-bond donors (Lipinski definition) is 1. The molecule has 8 heteroatoms. The summed E-state index contributed by atoms with van der Waals surface area (Å²) in [5, 5.41) is 2.86. The van der Waals surface area contributed by atoms with Crippen LogP contribution in [-0.2, 0) is 9.59 Å². The van der Waals surface area contributed by atoms with Crippen LogP contribution in [0.15, 0.2) is 24.3 Å². The average Bonchev–Trinajstić information content (AvgIpc) is 2.98. The Balaban J connectivity index is 1.33. The van der Waals surface area contributed by atoms with Gasteiger partial charge in [-0.25, -0.2) is 4.79 Å². The highest BCUT2D eigenvalue weighted by molar-refractivity contribution is 6.09. The Hall–Kier alpha value is -2.77. The van der Waals surface area contributed by atoms with Crippen LogP contribution in [0, 0.1) is 0 Å². The Bertz CT molecular complexity index is 780. The van der Waals surface area contributed by atoms with Crippen molar-refractivity contribution in [1.29, 1.82) is 0 Å². The molecule has 156 valence electrons. The average molecular weight is 400 g/mol. The number of rotatable bonds is 4. The second kappa shape index (κ2) is 7.93. The van der Waals surface area contributed by atoms with E-state index in [9.17, 15) is 14.4 Å². The fourth-order valence-corrected chi connectivity index (χ4v) is 4.56. The molecular formula is C21H28N4O4. The molecule has 0 unspecified atom stereocenters. The molecule has 2 aliphatic heterocycles. The number of methoxy groups -OCH3 is 1. The first-order chi connectivity index (χ1) is 14.0. The molecule has 29 heavy (non-hydrogen) atoms. The van der Waals surface area contributed by atoms with Gasteiger partial charge >= 0.3 is 6.03 Å². The molecule has 1 spiro atoms. The highest BCUT2D eigenvalue weighted by Crippen LogP contribution is 2.33. The van der Waals surface area contributed by atoms with E-state index in [1.165, 1.54) is 0 Å². The van der Waals surface area contributed by atoms with Crippen molar-refractivity contribution in [3.63, 3.8) is 0 Å². The fourth-order valence-electron chi connectivity index (χ4n) is 4.56.